The van der Waals surface area contributed by atoms with E-state index in [9.17, 15) is 37.5 Å². The van der Waals surface area contributed by atoms with Crippen LogP contribution in [0.5, 0.6) is 0 Å². The van der Waals surface area contributed by atoms with Crippen LogP contribution < -0.4 is 20.7 Å². The van der Waals surface area contributed by atoms with Crippen molar-refractivity contribution in [2.75, 3.05) is 34.9 Å². The lowest BCUT2D eigenvalue weighted by atomic mass is 9.89. The maximum atomic E-state index is 14.3. The number of aliphatic hydroxyl groups excluding tert-OH is 1. The van der Waals surface area contributed by atoms with Gasteiger partial charge in [-0.3, -0.25) is 28.7 Å². The van der Waals surface area contributed by atoms with Gasteiger partial charge in [-0.2, -0.15) is 0 Å². The van der Waals surface area contributed by atoms with Crippen molar-refractivity contribution >= 4 is 39.6 Å². The monoisotopic (exact) mass is 850 g/mol. The Bertz CT molecular complexity index is 1680. The van der Waals surface area contributed by atoms with Crippen LogP contribution >= 0.6 is 0 Å². The highest BCUT2D eigenvalue weighted by Crippen LogP contribution is 2.31. The van der Waals surface area contributed by atoms with E-state index in [0.29, 0.717) is 24.8 Å². The zero-order valence-corrected chi connectivity index (χ0v) is 37.6. The SMILES string of the molecule is CC[C@H](C)[C@@H]([C@@H](CC(=O)N1C[C@H](O)C[C@H]1[C@H](OC)[C@@H](C)C(=O)N[C@@H](Cc1ccccc1)C(=O)NS(=O)(=O)C1CC1)OC)N(C)C(=O)[C@@H](NC(=O)[C@@H](NC)C(C)C)C(C)C. The standard InChI is InChI=1S/C42H70N6O10S/c1-12-26(6)37(47(9)42(54)36(25(4)5)45-41(53)35(43-8)24(2)3)33(57-10)22-34(50)48-23-29(49)21-32(48)38(58-11)27(7)39(51)44-31(20-28-16-14-13-15-17-28)40(52)46-59(55,56)30-18-19-30/h13-17,24-27,29-33,35-38,43,49H,12,18-23H2,1-11H3,(H,44,51)(H,45,53)(H,46,52)/t26-,27+,29+,31-,32-,33+,35-,36-,37-,38+/m0/s1. The van der Waals surface area contributed by atoms with Gasteiger partial charge >= 0.3 is 0 Å². The average Bonchev–Trinajstić information content (AvgIpc) is 3.99. The maximum absolute atomic E-state index is 14.3. The molecule has 1 aliphatic heterocycles. The van der Waals surface area contributed by atoms with Crippen molar-refractivity contribution in [3.05, 3.63) is 35.9 Å². The number of β-amino-alcohol motifs (C(OH)–C–C–N with tert-alkyl or cyclic N) is 1. The van der Waals surface area contributed by atoms with Crippen LogP contribution in [0.3, 0.4) is 0 Å². The van der Waals surface area contributed by atoms with Crippen molar-refractivity contribution in [2.24, 2.45) is 23.7 Å². The summed E-state index contributed by atoms with van der Waals surface area (Å²) >= 11 is 0. The van der Waals surface area contributed by atoms with E-state index in [2.05, 4.69) is 20.7 Å². The van der Waals surface area contributed by atoms with Crippen molar-refractivity contribution in [3.63, 3.8) is 0 Å². The van der Waals surface area contributed by atoms with E-state index >= 15 is 0 Å². The molecule has 5 N–H and O–H groups in total. The van der Waals surface area contributed by atoms with Gasteiger partial charge in [0, 0.05) is 34.2 Å². The fourth-order valence-corrected chi connectivity index (χ4v) is 9.43. The highest BCUT2D eigenvalue weighted by Gasteiger charge is 2.46. The van der Waals surface area contributed by atoms with Crippen LogP contribution in [0.2, 0.25) is 0 Å². The van der Waals surface area contributed by atoms with Gasteiger partial charge in [0.25, 0.3) is 5.91 Å². The Morgan fingerprint density at radius 3 is 2.02 bits per heavy atom. The van der Waals surface area contributed by atoms with Gasteiger partial charge in [-0.15, -0.1) is 0 Å². The van der Waals surface area contributed by atoms with E-state index in [4.69, 9.17) is 9.47 Å². The Hall–Kier alpha value is -3.64. The van der Waals surface area contributed by atoms with Crippen molar-refractivity contribution in [1.82, 2.24) is 30.5 Å². The molecule has 334 valence electrons. The minimum Gasteiger partial charge on any atom is -0.391 e. The molecule has 1 aromatic carbocycles. The van der Waals surface area contributed by atoms with E-state index in [1.54, 1.807) is 56.3 Å². The number of likely N-dealkylation sites (tertiary alicyclic amines) is 1. The molecule has 10 atom stereocenters. The zero-order valence-electron chi connectivity index (χ0n) is 36.8. The number of hydrogen-bond donors (Lipinski definition) is 5. The second kappa shape index (κ2) is 22.3. The second-order valence-electron chi connectivity index (χ2n) is 17.0. The predicted octanol–water partition coefficient (Wildman–Crippen LogP) is 1.60. The molecular weight excluding hydrogens is 781 g/mol. The first-order chi connectivity index (χ1) is 27.7. The number of hydrogen-bond acceptors (Lipinski definition) is 11. The van der Waals surface area contributed by atoms with Gasteiger partial charge in [0.2, 0.25) is 33.7 Å². The summed E-state index contributed by atoms with van der Waals surface area (Å²) in [6, 6.07) is 5.01. The quantitative estimate of drug-likeness (QED) is 0.107. The van der Waals surface area contributed by atoms with Gasteiger partial charge < -0.3 is 40.3 Å². The summed E-state index contributed by atoms with van der Waals surface area (Å²) in [5.74, 6) is -3.76. The predicted molar refractivity (Wildman–Crippen MR) is 224 cm³/mol. The number of nitrogens with one attached hydrogen (secondary N) is 4. The molecule has 2 fully saturated rings. The van der Waals surface area contributed by atoms with Crippen LogP contribution in [0.25, 0.3) is 0 Å². The first-order valence-electron chi connectivity index (χ1n) is 20.9. The number of rotatable bonds is 23. The zero-order chi connectivity index (χ0) is 44.4. The van der Waals surface area contributed by atoms with E-state index in [-0.39, 0.29) is 61.3 Å². The minimum atomic E-state index is -3.89. The number of methoxy groups -OCH3 is 2. The van der Waals surface area contributed by atoms with Crippen LogP contribution in [0.4, 0.5) is 0 Å². The summed E-state index contributed by atoms with van der Waals surface area (Å²) in [6.07, 6.45) is -1.07. The van der Waals surface area contributed by atoms with Gasteiger partial charge in [-0.25, -0.2) is 8.42 Å². The Labute approximate surface area is 351 Å². The molecule has 1 saturated heterocycles. The molecule has 59 heavy (non-hydrogen) atoms. The smallest absolute Gasteiger partial charge is 0.256 e. The fraction of sp³-hybridized carbons (Fsp3) is 0.738. The molecule has 5 amide bonds. The summed E-state index contributed by atoms with van der Waals surface area (Å²) in [4.78, 5) is 72.1. The lowest BCUT2D eigenvalue weighted by molar-refractivity contribution is -0.148. The van der Waals surface area contributed by atoms with Crippen LogP contribution in [0, 0.1) is 23.7 Å². The Morgan fingerprint density at radius 2 is 1.51 bits per heavy atom. The van der Waals surface area contributed by atoms with E-state index < -0.39 is 81.5 Å². The van der Waals surface area contributed by atoms with Gasteiger partial charge in [0.05, 0.1) is 54.0 Å². The summed E-state index contributed by atoms with van der Waals surface area (Å²) in [5, 5.41) is 19.0. The molecule has 1 heterocycles. The molecule has 3 rings (SSSR count). The van der Waals surface area contributed by atoms with Crippen LogP contribution in [0.1, 0.15) is 86.1 Å². The largest absolute Gasteiger partial charge is 0.391 e. The number of carbonyl (C=O) groups excluding carboxylic acids is 5. The highest BCUT2D eigenvalue weighted by molar-refractivity contribution is 7.90. The number of nitrogens with zero attached hydrogens (tertiary/aromatic N) is 2. The third-order valence-corrected chi connectivity index (χ3v) is 13.7. The van der Waals surface area contributed by atoms with Crippen molar-refractivity contribution in [1.29, 1.82) is 0 Å². The van der Waals surface area contributed by atoms with Crippen LogP contribution in [0.15, 0.2) is 30.3 Å². The Morgan fingerprint density at radius 1 is 0.898 bits per heavy atom. The Kier molecular flexibility index (Phi) is 18.8. The molecule has 1 saturated carbocycles. The number of carbonyl (C=O) groups is 5. The molecular formula is C42H70N6O10S. The van der Waals surface area contributed by atoms with Gasteiger partial charge in [0.1, 0.15) is 12.1 Å². The Balaban J connectivity index is 1.83. The molecule has 0 spiro atoms. The normalized spacial score (nSPS) is 21.2. The molecule has 17 heteroatoms. The third kappa shape index (κ3) is 13.2. The van der Waals surface area contributed by atoms with Gasteiger partial charge in [-0.1, -0.05) is 85.2 Å². The van der Waals surface area contributed by atoms with E-state index in [1.165, 1.54) is 19.1 Å². The van der Waals surface area contributed by atoms with Crippen molar-refractivity contribution in [2.45, 2.75) is 141 Å². The van der Waals surface area contributed by atoms with Gasteiger partial charge in [0.15, 0.2) is 0 Å². The molecule has 0 radical (unpaired) electrons. The summed E-state index contributed by atoms with van der Waals surface area (Å²) in [6.45, 7) is 13.1. The number of sulfonamides is 1. The molecule has 16 nitrogen and oxygen atoms in total. The number of amides is 5. The lowest BCUT2D eigenvalue weighted by Crippen LogP contribution is -2.59. The number of likely N-dealkylation sites (N-methyl/N-ethyl adjacent to an activating group) is 2. The molecule has 0 aromatic heterocycles. The topological polar surface area (TPSA) is 213 Å². The number of aliphatic hydroxyl groups is 1. The first kappa shape index (κ1) is 49.7. The molecule has 1 aromatic rings. The summed E-state index contributed by atoms with van der Waals surface area (Å²) in [7, 11) is 2.35. The molecule has 2 aliphatic rings. The molecule has 1 aliphatic carbocycles. The van der Waals surface area contributed by atoms with Gasteiger partial charge in [-0.05, 0) is 49.6 Å². The molecule has 0 unspecified atom stereocenters. The summed E-state index contributed by atoms with van der Waals surface area (Å²) in [5.41, 5.74) is 0.706. The number of ether oxygens (including phenoxy) is 2. The highest BCUT2D eigenvalue weighted by atomic mass is 32.2. The van der Waals surface area contributed by atoms with E-state index in [0.717, 1.165) is 0 Å². The number of benzene rings is 1. The molecule has 0 bridgehead atoms. The van der Waals surface area contributed by atoms with Crippen LogP contribution in [-0.2, 0) is 49.9 Å². The third-order valence-electron chi connectivity index (χ3n) is 11.9. The van der Waals surface area contributed by atoms with Crippen molar-refractivity contribution < 1.29 is 47.0 Å². The first-order valence-corrected chi connectivity index (χ1v) is 22.4. The second-order valence-corrected chi connectivity index (χ2v) is 19.0. The van der Waals surface area contributed by atoms with Crippen LogP contribution in [-0.4, -0.2) is 141 Å². The van der Waals surface area contributed by atoms with Crippen molar-refractivity contribution in [3.8, 4) is 0 Å². The van der Waals surface area contributed by atoms with E-state index in [1.807, 2.05) is 41.5 Å². The maximum Gasteiger partial charge on any atom is 0.256 e. The fourth-order valence-electron chi connectivity index (χ4n) is 8.08. The summed E-state index contributed by atoms with van der Waals surface area (Å²) < 4.78 is 39.3. The minimum absolute atomic E-state index is 0.0128. The average molecular weight is 851 g/mol. The lowest BCUT2D eigenvalue weighted by Gasteiger charge is -2.41.